The molecule has 1 saturated carbocycles. The van der Waals surface area contributed by atoms with Crippen LogP contribution in [0.25, 0.3) is 16.7 Å². The number of aromatic nitrogens is 5. The molecule has 3 aromatic heterocycles. The van der Waals surface area contributed by atoms with Crippen molar-refractivity contribution < 1.29 is 4.74 Å². The van der Waals surface area contributed by atoms with Crippen molar-refractivity contribution in [2.45, 2.75) is 50.7 Å². The Labute approximate surface area is 206 Å². The van der Waals surface area contributed by atoms with Gasteiger partial charge in [-0.3, -0.25) is 23.4 Å². The predicted molar refractivity (Wildman–Crippen MR) is 133 cm³/mol. The van der Waals surface area contributed by atoms with E-state index in [1.807, 2.05) is 10.9 Å². The number of pyridine rings is 1. The number of nitrogens with zero attached hydrogens (tertiary/aromatic N) is 5. The molecule has 1 aliphatic carbocycles. The van der Waals surface area contributed by atoms with E-state index in [0.717, 1.165) is 5.56 Å². The van der Waals surface area contributed by atoms with Gasteiger partial charge < -0.3 is 4.74 Å². The monoisotopic (exact) mass is 491 g/mol. The summed E-state index contributed by atoms with van der Waals surface area (Å²) in [5.41, 5.74) is 2.29. The van der Waals surface area contributed by atoms with Crippen molar-refractivity contribution in [2.75, 3.05) is 6.61 Å². The number of benzene rings is 1. The van der Waals surface area contributed by atoms with Gasteiger partial charge in [-0.05, 0) is 68.9 Å². The van der Waals surface area contributed by atoms with E-state index >= 15 is 0 Å². The van der Waals surface area contributed by atoms with Crippen LogP contribution in [0.1, 0.15) is 60.7 Å². The lowest BCUT2D eigenvalue weighted by molar-refractivity contribution is 0.00501. The maximum Gasteiger partial charge on any atom is 0.262 e. The highest BCUT2D eigenvalue weighted by molar-refractivity contribution is 6.30. The highest BCUT2D eigenvalue weighted by atomic mass is 35.5. The zero-order valence-electron chi connectivity index (χ0n) is 19.6. The highest BCUT2D eigenvalue weighted by Gasteiger charge is 2.31. The molecule has 4 aromatic rings. The van der Waals surface area contributed by atoms with Crippen LogP contribution in [0.2, 0.25) is 5.02 Å². The molecule has 9 heteroatoms. The van der Waals surface area contributed by atoms with Gasteiger partial charge in [-0.25, -0.2) is 4.98 Å². The van der Waals surface area contributed by atoms with Crippen LogP contribution in [0.15, 0.2) is 52.3 Å². The Kier molecular flexibility index (Phi) is 5.38. The lowest BCUT2D eigenvalue weighted by Gasteiger charge is -2.29. The van der Waals surface area contributed by atoms with E-state index in [0.29, 0.717) is 58.6 Å². The molecule has 8 nitrogen and oxygen atoms in total. The maximum atomic E-state index is 13.9. The number of ether oxygens (including phenoxy) is 1. The first-order chi connectivity index (χ1) is 16.9. The Morgan fingerprint density at radius 2 is 1.86 bits per heavy atom. The molecule has 180 valence electrons. The summed E-state index contributed by atoms with van der Waals surface area (Å²) in [6, 6.07) is 9.28. The molecule has 4 heterocycles. The second-order valence-electron chi connectivity index (χ2n) is 9.54. The number of hydrogen-bond donors (Lipinski definition) is 0. The summed E-state index contributed by atoms with van der Waals surface area (Å²) in [5, 5.41) is 5.50. The van der Waals surface area contributed by atoms with E-state index < -0.39 is 0 Å². The van der Waals surface area contributed by atoms with E-state index in [1.165, 1.54) is 17.4 Å². The van der Waals surface area contributed by atoms with Gasteiger partial charge >= 0.3 is 0 Å². The number of aryl methyl sites for hydroxylation is 1. The van der Waals surface area contributed by atoms with Gasteiger partial charge in [-0.1, -0.05) is 11.6 Å². The number of halogens is 1. The van der Waals surface area contributed by atoms with Crippen molar-refractivity contribution in [3.8, 4) is 5.69 Å². The van der Waals surface area contributed by atoms with Crippen molar-refractivity contribution in [3.63, 3.8) is 0 Å². The van der Waals surface area contributed by atoms with E-state index in [4.69, 9.17) is 16.3 Å². The van der Waals surface area contributed by atoms with Crippen LogP contribution in [0.5, 0.6) is 0 Å². The normalized spacial score (nSPS) is 20.4. The summed E-state index contributed by atoms with van der Waals surface area (Å²) in [4.78, 5) is 31.8. The molecule has 1 saturated heterocycles. The maximum absolute atomic E-state index is 13.9. The Hall–Kier alpha value is -3.23. The van der Waals surface area contributed by atoms with Gasteiger partial charge in [0.1, 0.15) is 5.82 Å². The molecular formula is C26H26ClN5O3. The van der Waals surface area contributed by atoms with Crippen molar-refractivity contribution in [1.29, 1.82) is 0 Å². The van der Waals surface area contributed by atoms with Gasteiger partial charge in [0.15, 0.2) is 5.65 Å². The van der Waals surface area contributed by atoms with Gasteiger partial charge in [0.05, 0.1) is 29.4 Å². The zero-order chi connectivity index (χ0) is 24.3. The lowest BCUT2D eigenvalue weighted by atomic mass is 9.87. The first kappa shape index (κ1) is 22.2. The standard InChI is InChI=1S/C26H26ClN5O3/c1-15-29-24-22(25(33)30(15)2)12-21(26(34)32(24)20-5-3-18(27)4-6-20)16-9-10-35-23(11-16)17-13-28-31(14-17)19-7-8-19/h3-6,12-14,16,19,23H,7-11H2,1-2H3/t16-,23+/m1/s1. The average molecular weight is 492 g/mol. The van der Waals surface area contributed by atoms with Gasteiger partial charge in [-0.15, -0.1) is 0 Å². The number of rotatable bonds is 4. The fourth-order valence-electron chi connectivity index (χ4n) is 4.94. The highest BCUT2D eigenvalue weighted by Crippen LogP contribution is 2.39. The molecule has 0 bridgehead atoms. The molecule has 6 rings (SSSR count). The molecule has 0 unspecified atom stereocenters. The Balaban J connectivity index is 1.48. The summed E-state index contributed by atoms with van der Waals surface area (Å²) in [7, 11) is 1.70. The van der Waals surface area contributed by atoms with Crippen LogP contribution in [0.4, 0.5) is 0 Å². The second-order valence-corrected chi connectivity index (χ2v) is 9.98. The first-order valence-electron chi connectivity index (χ1n) is 12.0. The summed E-state index contributed by atoms with van der Waals surface area (Å²) < 4.78 is 11.2. The summed E-state index contributed by atoms with van der Waals surface area (Å²) >= 11 is 6.10. The summed E-state index contributed by atoms with van der Waals surface area (Å²) in [5.74, 6) is 0.482. The summed E-state index contributed by atoms with van der Waals surface area (Å²) in [6.45, 7) is 2.29. The minimum atomic E-state index is -0.175. The van der Waals surface area contributed by atoms with Crippen LogP contribution >= 0.6 is 11.6 Å². The molecule has 0 radical (unpaired) electrons. The minimum Gasteiger partial charge on any atom is -0.373 e. The van der Waals surface area contributed by atoms with Crippen molar-refractivity contribution in [3.05, 3.63) is 85.4 Å². The van der Waals surface area contributed by atoms with E-state index in [1.54, 1.807) is 48.9 Å². The van der Waals surface area contributed by atoms with Crippen LogP contribution in [0.3, 0.4) is 0 Å². The van der Waals surface area contributed by atoms with E-state index in [2.05, 4.69) is 16.3 Å². The predicted octanol–water partition coefficient (Wildman–Crippen LogP) is 4.21. The Morgan fingerprint density at radius 3 is 2.60 bits per heavy atom. The molecule has 2 aliphatic rings. The third kappa shape index (κ3) is 3.90. The molecule has 1 aliphatic heterocycles. The topological polar surface area (TPSA) is 83.9 Å². The quantitative estimate of drug-likeness (QED) is 0.427. The van der Waals surface area contributed by atoms with Gasteiger partial charge in [0, 0.05) is 36.0 Å². The van der Waals surface area contributed by atoms with E-state index in [9.17, 15) is 9.59 Å². The largest absolute Gasteiger partial charge is 0.373 e. The SMILES string of the molecule is Cc1nc2c(cc([C@@H]3CCO[C@H](c4cnn(C5CC5)c4)C3)c(=O)n2-c2ccc(Cl)cc2)c(=O)n1C. The fourth-order valence-corrected chi connectivity index (χ4v) is 5.07. The van der Waals surface area contributed by atoms with Crippen LogP contribution in [-0.4, -0.2) is 30.5 Å². The molecule has 35 heavy (non-hydrogen) atoms. The summed E-state index contributed by atoms with van der Waals surface area (Å²) in [6.07, 6.45) is 7.49. The molecular weight excluding hydrogens is 466 g/mol. The van der Waals surface area contributed by atoms with Crippen LogP contribution in [-0.2, 0) is 11.8 Å². The second kappa shape index (κ2) is 8.46. The van der Waals surface area contributed by atoms with Gasteiger partial charge in [-0.2, -0.15) is 5.10 Å². The average Bonchev–Trinajstić information content (AvgIpc) is 3.60. The third-order valence-electron chi connectivity index (χ3n) is 7.21. The minimum absolute atomic E-state index is 0.0560. The van der Waals surface area contributed by atoms with Gasteiger partial charge in [0.25, 0.3) is 11.1 Å². The van der Waals surface area contributed by atoms with Crippen molar-refractivity contribution in [2.24, 2.45) is 7.05 Å². The third-order valence-corrected chi connectivity index (χ3v) is 7.47. The number of hydrogen-bond acceptors (Lipinski definition) is 5. The molecule has 0 spiro atoms. The molecule has 2 fully saturated rings. The molecule has 0 amide bonds. The molecule has 0 N–H and O–H groups in total. The molecule has 2 atom stereocenters. The Bertz CT molecular complexity index is 1550. The number of fused-ring (bicyclic) bond motifs is 1. The Morgan fingerprint density at radius 1 is 1.09 bits per heavy atom. The lowest BCUT2D eigenvalue weighted by Crippen LogP contribution is -2.31. The zero-order valence-corrected chi connectivity index (χ0v) is 20.4. The van der Waals surface area contributed by atoms with Crippen LogP contribution < -0.4 is 11.1 Å². The van der Waals surface area contributed by atoms with Crippen molar-refractivity contribution in [1.82, 2.24) is 23.9 Å². The van der Waals surface area contributed by atoms with E-state index in [-0.39, 0.29) is 23.1 Å². The fraction of sp³-hybridized carbons (Fsp3) is 0.385. The van der Waals surface area contributed by atoms with Crippen molar-refractivity contribution >= 4 is 22.6 Å². The smallest absolute Gasteiger partial charge is 0.262 e. The van der Waals surface area contributed by atoms with Gasteiger partial charge in [0.2, 0.25) is 0 Å². The van der Waals surface area contributed by atoms with Crippen LogP contribution in [0, 0.1) is 6.92 Å². The first-order valence-corrected chi connectivity index (χ1v) is 12.3. The molecule has 1 aromatic carbocycles.